The number of benzene rings is 1. The van der Waals surface area contributed by atoms with Crippen LogP contribution in [0.15, 0.2) is 18.2 Å². The Balaban J connectivity index is 1.71. The third-order valence-electron chi connectivity index (χ3n) is 4.14. The molecule has 3 rings (SSSR count). The van der Waals surface area contributed by atoms with Crippen LogP contribution < -0.4 is 5.32 Å². The SMILES string of the molecule is COC(=O)Cc1sc(NC(=O)CN2C(=O)c3ccc([N+](=O)[O-])cc3C2=O)nc1C. The standard InChI is InChI=1S/C17H14N4O7S/c1-8-12(6-14(23)28-2)29-17(18-8)19-13(22)7-20-15(24)10-4-3-9(21(26)27)5-11(10)16(20)25/h3-5H,6-7H2,1-2H3,(H,18,19,22). The minimum atomic E-state index is -0.787. The van der Waals surface area contributed by atoms with Crippen LogP contribution in [0.5, 0.6) is 0 Å². The minimum Gasteiger partial charge on any atom is -0.469 e. The Kier molecular flexibility index (Phi) is 5.37. The van der Waals surface area contributed by atoms with Crippen molar-refractivity contribution in [3.8, 4) is 0 Å². The van der Waals surface area contributed by atoms with Gasteiger partial charge in [0.25, 0.3) is 17.5 Å². The number of nitrogens with one attached hydrogen (secondary N) is 1. The van der Waals surface area contributed by atoms with Crippen LogP contribution in [0.25, 0.3) is 0 Å². The van der Waals surface area contributed by atoms with E-state index < -0.39 is 35.2 Å². The van der Waals surface area contributed by atoms with E-state index in [9.17, 15) is 29.3 Å². The third-order valence-corrected chi connectivity index (χ3v) is 5.21. The molecule has 2 aromatic rings. The van der Waals surface area contributed by atoms with Gasteiger partial charge in [0.2, 0.25) is 5.91 Å². The van der Waals surface area contributed by atoms with Crippen molar-refractivity contribution in [2.45, 2.75) is 13.3 Å². The Morgan fingerprint density at radius 2 is 1.97 bits per heavy atom. The highest BCUT2D eigenvalue weighted by atomic mass is 32.1. The number of carbonyl (C=O) groups excluding carboxylic acids is 4. The van der Waals surface area contributed by atoms with Crippen molar-refractivity contribution in [3.05, 3.63) is 50.0 Å². The van der Waals surface area contributed by atoms with Crippen LogP contribution in [0.3, 0.4) is 0 Å². The number of nitro benzene ring substituents is 1. The first-order valence-electron chi connectivity index (χ1n) is 8.19. The summed E-state index contributed by atoms with van der Waals surface area (Å²) in [5.41, 5.74) is 0.0950. The molecule has 0 radical (unpaired) electrons. The minimum absolute atomic E-state index is 0.00106. The highest BCUT2D eigenvalue weighted by Crippen LogP contribution is 2.27. The number of fused-ring (bicyclic) bond motifs is 1. The molecular weight excluding hydrogens is 404 g/mol. The van der Waals surface area contributed by atoms with Gasteiger partial charge in [-0.2, -0.15) is 0 Å². The van der Waals surface area contributed by atoms with Crippen LogP contribution in [-0.2, 0) is 20.7 Å². The lowest BCUT2D eigenvalue weighted by atomic mass is 10.1. The number of hydrogen-bond donors (Lipinski definition) is 1. The number of anilines is 1. The molecule has 2 heterocycles. The first kappa shape index (κ1) is 20.1. The molecule has 1 aromatic carbocycles. The van der Waals surface area contributed by atoms with Crippen molar-refractivity contribution >= 4 is 45.8 Å². The van der Waals surface area contributed by atoms with Crippen LogP contribution in [0.4, 0.5) is 10.8 Å². The summed E-state index contributed by atoms with van der Waals surface area (Å²) in [6, 6.07) is 3.32. The molecule has 0 unspecified atom stereocenters. The lowest BCUT2D eigenvalue weighted by Crippen LogP contribution is -2.37. The number of aromatic nitrogens is 1. The van der Waals surface area contributed by atoms with Gasteiger partial charge >= 0.3 is 5.97 Å². The number of nitrogens with zero attached hydrogens (tertiary/aromatic N) is 3. The molecule has 0 atom stereocenters. The van der Waals surface area contributed by atoms with Crippen molar-refractivity contribution in [3.63, 3.8) is 0 Å². The molecule has 1 aliphatic rings. The maximum absolute atomic E-state index is 12.4. The fraction of sp³-hybridized carbons (Fsp3) is 0.235. The Morgan fingerprint density at radius 1 is 1.28 bits per heavy atom. The van der Waals surface area contributed by atoms with E-state index in [-0.39, 0.29) is 28.4 Å². The zero-order valence-electron chi connectivity index (χ0n) is 15.3. The van der Waals surface area contributed by atoms with Crippen molar-refractivity contribution in [2.24, 2.45) is 0 Å². The van der Waals surface area contributed by atoms with Gasteiger partial charge in [0.15, 0.2) is 5.13 Å². The highest BCUT2D eigenvalue weighted by molar-refractivity contribution is 7.16. The lowest BCUT2D eigenvalue weighted by Gasteiger charge is -2.12. The second-order valence-electron chi connectivity index (χ2n) is 6.01. The molecule has 0 fully saturated rings. The second-order valence-corrected chi connectivity index (χ2v) is 7.10. The van der Waals surface area contributed by atoms with E-state index in [1.807, 2.05) is 0 Å². The smallest absolute Gasteiger partial charge is 0.310 e. The molecule has 0 saturated carbocycles. The molecule has 1 aromatic heterocycles. The molecular formula is C17H14N4O7S. The van der Waals surface area contributed by atoms with E-state index in [0.29, 0.717) is 15.5 Å². The summed E-state index contributed by atoms with van der Waals surface area (Å²) in [6.45, 7) is 1.09. The second kappa shape index (κ2) is 7.75. The molecule has 0 spiro atoms. The first-order chi connectivity index (χ1) is 13.7. The fourth-order valence-corrected chi connectivity index (χ4v) is 3.65. The van der Waals surface area contributed by atoms with Gasteiger partial charge in [0.05, 0.1) is 35.3 Å². The molecule has 0 saturated heterocycles. The Bertz CT molecular complexity index is 1060. The monoisotopic (exact) mass is 418 g/mol. The summed E-state index contributed by atoms with van der Waals surface area (Å²) < 4.78 is 4.59. The van der Waals surface area contributed by atoms with Gasteiger partial charge in [-0.3, -0.25) is 34.2 Å². The predicted molar refractivity (Wildman–Crippen MR) is 99.7 cm³/mol. The van der Waals surface area contributed by atoms with Crippen molar-refractivity contribution in [1.82, 2.24) is 9.88 Å². The first-order valence-corrected chi connectivity index (χ1v) is 9.00. The zero-order valence-corrected chi connectivity index (χ0v) is 16.1. The number of rotatable bonds is 6. The molecule has 3 amide bonds. The van der Waals surface area contributed by atoms with Gasteiger partial charge < -0.3 is 10.1 Å². The number of non-ortho nitro benzene ring substituents is 1. The van der Waals surface area contributed by atoms with E-state index in [2.05, 4.69) is 15.0 Å². The van der Waals surface area contributed by atoms with Crippen LogP contribution >= 0.6 is 11.3 Å². The van der Waals surface area contributed by atoms with E-state index in [1.54, 1.807) is 6.92 Å². The molecule has 0 bridgehead atoms. The number of imide groups is 1. The van der Waals surface area contributed by atoms with Crippen molar-refractivity contribution < 1.29 is 28.8 Å². The molecule has 29 heavy (non-hydrogen) atoms. The Morgan fingerprint density at radius 3 is 2.62 bits per heavy atom. The molecule has 12 heteroatoms. The van der Waals surface area contributed by atoms with E-state index in [0.717, 1.165) is 23.5 Å². The van der Waals surface area contributed by atoms with Gasteiger partial charge in [0.1, 0.15) is 6.54 Å². The van der Waals surface area contributed by atoms with Gasteiger partial charge in [-0.05, 0) is 13.0 Å². The zero-order chi connectivity index (χ0) is 21.3. The number of thiazole rings is 1. The molecule has 150 valence electrons. The average Bonchev–Trinajstić information content (AvgIpc) is 3.13. The predicted octanol–water partition coefficient (Wildman–Crippen LogP) is 1.31. The largest absolute Gasteiger partial charge is 0.469 e. The fourth-order valence-electron chi connectivity index (χ4n) is 2.69. The Hall–Kier alpha value is -3.67. The van der Waals surface area contributed by atoms with E-state index in [1.165, 1.54) is 13.2 Å². The average molecular weight is 418 g/mol. The number of nitro groups is 1. The molecule has 0 aliphatic carbocycles. The van der Waals surface area contributed by atoms with Gasteiger partial charge in [0, 0.05) is 17.0 Å². The summed E-state index contributed by atoms with van der Waals surface area (Å²) in [5, 5.41) is 13.6. The molecule has 11 nitrogen and oxygen atoms in total. The number of ether oxygens (including phenoxy) is 1. The number of esters is 1. The summed E-state index contributed by atoms with van der Waals surface area (Å²) >= 11 is 1.08. The van der Waals surface area contributed by atoms with E-state index in [4.69, 9.17) is 0 Å². The van der Waals surface area contributed by atoms with Crippen molar-refractivity contribution in [1.29, 1.82) is 0 Å². The highest BCUT2D eigenvalue weighted by Gasteiger charge is 2.37. The summed E-state index contributed by atoms with van der Waals surface area (Å²) in [6.07, 6.45) is 0.00700. The van der Waals surface area contributed by atoms with Crippen LogP contribution in [0.1, 0.15) is 31.3 Å². The number of amides is 3. The lowest BCUT2D eigenvalue weighted by molar-refractivity contribution is -0.384. The van der Waals surface area contributed by atoms with Gasteiger partial charge in [-0.1, -0.05) is 0 Å². The van der Waals surface area contributed by atoms with Crippen LogP contribution in [-0.4, -0.2) is 52.2 Å². The quantitative estimate of drug-likeness (QED) is 0.319. The van der Waals surface area contributed by atoms with Crippen LogP contribution in [0.2, 0.25) is 0 Å². The van der Waals surface area contributed by atoms with Crippen LogP contribution in [0, 0.1) is 17.0 Å². The number of methoxy groups -OCH3 is 1. The molecule has 1 aliphatic heterocycles. The summed E-state index contributed by atoms with van der Waals surface area (Å²) in [7, 11) is 1.26. The van der Waals surface area contributed by atoms with Crippen molar-refractivity contribution in [2.75, 3.05) is 19.0 Å². The normalized spacial score (nSPS) is 12.7. The topological polar surface area (TPSA) is 149 Å². The molecule has 1 N–H and O–H groups in total. The van der Waals surface area contributed by atoms with Gasteiger partial charge in [-0.25, -0.2) is 4.98 Å². The number of hydrogen-bond acceptors (Lipinski definition) is 9. The summed E-state index contributed by atoms with van der Waals surface area (Å²) in [5.74, 6) is -2.62. The maximum atomic E-state index is 12.4. The third kappa shape index (κ3) is 3.96. The Labute approximate surface area is 167 Å². The van der Waals surface area contributed by atoms with Gasteiger partial charge in [-0.15, -0.1) is 11.3 Å². The number of carbonyl (C=O) groups is 4. The summed E-state index contributed by atoms with van der Waals surface area (Å²) in [4.78, 5) is 64.1. The van der Waals surface area contributed by atoms with E-state index >= 15 is 0 Å². The number of aryl methyl sites for hydroxylation is 1. The maximum Gasteiger partial charge on any atom is 0.310 e.